The zero-order valence-corrected chi connectivity index (χ0v) is 23.1. The summed E-state index contributed by atoms with van der Waals surface area (Å²) in [5, 5.41) is 23.4. The summed E-state index contributed by atoms with van der Waals surface area (Å²) < 4.78 is 10.6. The van der Waals surface area contributed by atoms with Crippen molar-refractivity contribution in [3.8, 4) is 23.0 Å². The molecule has 38 heavy (non-hydrogen) atoms. The number of carbonyl (C=O) groups excluding carboxylic acids is 1. The van der Waals surface area contributed by atoms with Crippen LogP contribution in [0.2, 0.25) is 0 Å². The van der Waals surface area contributed by atoms with E-state index in [2.05, 4.69) is 24.2 Å². The molecule has 8 heteroatoms. The number of anilines is 1. The van der Waals surface area contributed by atoms with E-state index < -0.39 is 5.41 Å². The highest BCUT2D eigenvalue weighted by molar-refractivity contribution is 5.95. The molecule has 0 bridgehead atoms. The lowest BCUT2D eigenvalue weighted by molar-refractivity contribution is -0.123. The number of allylic oxidation sites excluding steroid dienone is 2. The lowest BCUT2D eigenvalue weighted by atomic mass is 9.75. The molecule has 0 amide bonds. The Kier molecular flexibility index (Phi) is 9.66. The SMILES string of the molecule is CN=C(N)Nc1cc(C[C@H](/C=C/C(=O)C2(Cc3ccc(O)c(OC)c3)CCCC2)C(C)C)cc(OC)c1O. The first kappa shape index (κ1) is 28.9. The average Bonchev–Trinajstić information content (AvgIpc) is 3.38. The summed E-state index contributed by atoms with van der Waals surface area (Å²) >= 11 is 0. The smallest absolute Gasteiger partial charge is 0.192 e. The number of nitrogens with two attached hydrogens (primary N) is 1. The Balaban J connectivity index is 1.83. The number of aliphatic imine (C=N–C) groups is 1. The van der Waals surface area contributed by atoms with Gasteiger partial charge in [0.2, 0.25) is 0 Å². The first-order valence-corrected chi connectivity index (χ1v) is 13.1. The van der Waals surface area contributed by atoms with Gasteiger partial charge in [-0.25, -0.2) is 0 Å². The van der Waals surface area contributed by atoms with E-state index in [1.54, 1.807) is 19.2 Å². The van der Waals surface area contributed by atoms with Gasteiger partial charge < -0.3 is 30.7 Å². The molecule has 0 saturated heterocycles. The van der Waals surface area contributed by atoms with E-state index in [9.17, 15) is 15.0 Å². The number of nitrogens with zero attached hydrogens (tertiary/aromatic N) is 1. The molecule has 0 spiro atoms. The summed E-state index contributed by atoms with van der Waals surface area (Å²) in [6.07, 6.45) is 8.80. The van der Waals surface area contributed by atoms with Crippen LogP contribution >= 0.6 is 0 Å². The van der Waals surface area contributed by atoms with Crippen molar-refractivity contribution in [1.29, 1.82) is 0 Å². The van der Waals surface area contributed by atoms with E-state index in [0.29, 0.717) is 30.0 Å². The Morgan fingerprint density at radius 3 is 2.37 bits per heavy atom. The minimum absolute atomic E-state index is 0.0382. The van der Waals surface area contributed by atoms with Crippen molar-refractivity contribution in [2.75, 3.05) is 26.6 Å². The van der Waals surface area contributed by atoms with Crippen LogP contribution in [0.5, 0.6) is 23.0 Å². The largest absolute Gasteiger partial charge is 0.504 e. The average molecular weight is 524 g/mol. The second-order valence-electron chi connectivity index (χ2n) is 10.4. The number of rotatable bonds is 11. The van der Waals surface area contributed by atoms with Crippen molar-refractivity contribution in [3.63, 3.8) is 0 Å². The third-order valence-electron chi connectivity index (χ3n) is 7.55. The maximum Gasteiger partial charge on any atom is 0.192 e. The number of aromatic hydroxyl groups is 2. The predicted octanol–water partition coefficient (Wildman–Crippen LogP) is 5.21. The summed E-state index contributed by atoms with van der Waals surface area (Å²) in [5.74, 6) is 1.50. The first-order chi connectivity index (χ1) is 18.1. The molecule has 1 aliphatic rings. The molecule has 0 aromatic heterocycles. The van der Waals surface area contributed by atoms with Crippen LogP contribution < -0.4 is 20.5 Å². The van der Waals surface area contributed by atoms with Crippen LogP contribution in [-0.2, 0) is 17.6 Å². The van der Waals surface area contributed by atoms with Crippen LogP contribution in [0.15, 0.2) is 47.5 Å². The molecule has 206 valence electrons. The van der Waals surface area contributed by atoms with Gasteiger partial charge in [0.05, 0.1) is 19.9 Å². The number of phenolic OH excluding ortho intramolecular Hbond substituents is 2. The van der Waals surface area contributed by atoms with Gasteiger partial charge in [-0.15, -0.1) is 0 Å². The van der Waals surface area contributed by atoms with E-state index in [1.165, 1.54) is 14.2 Å². The van der Waals surface area contributed by atoms with Crippen molar-refractivity contribution >= 4 is 17.4 Å². The third kappa shape index (κ3) is 6.79. The standard InChI is InChI=1S/C30H41N3O5/c1-19(2)22(14-21-15-23(33-29(31)32-3)28(36)26(17-21)38-5)9-11-27(35)30(12-6-7-13-30)18-20-8-10-24(34)25(16-20)37-4/h8-11,15-17,19,22,34,36H,6-7,12-14,18H2,1-5H3,(H3,31,32,33)/b11-9+/t22-/m0/s1. The molecular weight excluding hydrogens is 482 g/mol. The molecule has 1 fully saturated rings. The van der Waals surface area contributed by atoms with Crippen molar-refractivity contribution in [2.45, 2.75) is 52.4 Å². The summed E-state index contributed by atoms with van der Waals surface area (Å²) in [4.78, 5) is 17.6. The zero-order chi connectivity index (χ0) is 27.9. The van der Waals surface area contributed by atoms with E-state index in [1.807, 2.05) is 30.3 Å². The Bertz CT molecular complexity index is 1180. The number of hydrogen-bond acceptors (Lipinski definition) is 6. The fraction of sp³-hybridized carbons (Fsp3) is 0.467. The number of methoxy groups -OCH3 is 2. The van der Waals surface area contributed by atoms with Gasteiger partial charge in [0.1, 0.15) is 0 Å². The van der Waals surface area contributed by atoms with E-state index in [-0.39, 0.29) is 35.1 Å². The second-order valence-corrected chi connectivity index (χ2v) is 10.4. The molecule has 8 nitrogen and oxygen atoms in total. The maximum absolute atomic E-state index is 13.7. The van der Waals surface area contributed by atoms with Gasteiger partial charge in [-0.2, -0.15) is 0 Å². The molecule has 1 atom stereocenters. The van der Waals surface area contributed by atoms with Crippen LogP contribution in [0.1, 0.15) is 50.7 Å². The fourth-order valence-electron chi connectivity index (χ4n) is 5.20. The minimum atomic E-state index is -0.449. The lowest BCUT2D eigenvalue weighted by Gasteiger charge is -2.27. The zero-order valence-electron chi connectivity index (χ0n) is 23.1. The summed E-state index contributed by atoms with van der Waals surface area (Å²) in [6.45, 7) is 4.26. The van der Waals surface area contributed by atoms with Crippen LogP contribution in [0.3, 0.4) is 0 Å². The highest BCUT2D eigenvalue weighted by atomic mass is 16.5. The van der Waals surface area contributed by atoms with Gasteiger partial charge in [0.15, 0.2) is 34.7 Å². The van der Waals surface area contributed by atoms with Gasteiger partial charge in [0.25, 0.3) is 0 Å². The minimum Gasteiger partial charge on any atom is -0.504 e. The van der Waals surface area contributed by atoms with Gasteiger partial charge in [-0.1, -0.05) is 38.8 Å². The van der Waals surface area contributed by atoms with Crippen LogP contribution in [0.25, 0.3) is 0 Å². The molecule has 0 heterocycles. The molecule has 3 rings (SSSR count). The molecular formula is C30H41N3O5. The van der Waals surface area contributed by atoms with Crippen molar-refractivity contribution in [1.82, 2.24) is 0 Å². The topological polar surface area (TPSA) is 126 Å². The van der Waals surface area contributed by atoms with Crippen LogP contribution in [0, 0.1) is 17.3 Å². The molecule has 0 radical (unpaired) electrons. The molecule has 1 aliphatic carbocycles. The Morgan fingerprint density at radius 2 is 1.76 bits per heavy atom. The number of hydrogen-bond donors (Lipinski definition) is 4. The quantitative estimate of drug-likeness (QED) is 0.138. The van der Waals surface area contributed by atoms with E-state index in [4.69, 9.17) is 15.2 Å². The van der Waals surface area contributed by atoms with Gasteiger partial charge in [0, 0.05) is 12.5 Å². The monoisotopic (exact) mass is 523 g/mol. The van der Waals surface area contributed by atoms with E-state index in [0.717, 1.165) is 36.8 Å². The maximum atomic E-state index is 13.7. The second kappa shape index (κ2) is 12.7. The lowest BCUT2D eigenvalue weighted by Crippen LogP contribution is -2.29. The van der Waals surface area contributed by atoms with Crippen molar-refractivity contribution in [3.05, 3.63) is 53.6 Å². The highest BCUT2D eigenvalue weighted by Crippen LogP contribution is 2.43. The highest BCUT2D eigenvalue weighted by Gasteiger charge is 2.39. The number of ether oxygens (including phenoxy) is 2. The van der Waals surface area contributed by atoms with E-state index >= 15 is 0 Å². The van der Waals surface area contributed by atoms with Gasteiger partial charge in [-0.3, -0.25) is 9.79 Å². The summed E-state index contributed by atoms with van der Waals surface area (Å²) in [7, 11) is 4.59. The number of carbonyl (C=O) groups is 1. The van der Waals surface area contributed by atoms with Crippen molar-refractivity contribution in [2.24, 2.45) is 28.0 Å². The number of benzene rings is 2. The van der Waals surface area contributed by atoms with Crippen LogP contribution in [0.4, 0.5) is 5.69 Å². The molecule has 2 aromatic rings. The molecule has 5 N–H and O–H groups in total. The van der Waals surface area contributed by atoms with Gasteiger partial charge >= 0.3 is 0 Å². The van der Waals surface area contributed by atoms with Crippen LogP contribution in [-0.4, -0.2) is 43.2 Å². The summed E-state index contributed by atoms with van der Waals surface area (Å²) in [5.41, 5.74) is 7.70. The Morgan fingerprint density at radius 1 is 1.11 bits per heavy atom. The summed E-state index contributed by atoms with van der Waals surface area (Å²) in [6, 6.07) is 8.95. The number of guanidine groups is 1. The first-order valence-electron chi connectivity index (χ1n) is 13.1. The number of ketones is 1. The molecule has 2 aromatic carbocycles. The Labute approximate surface area is 225 Å². The van der Waals surface area contributed by atoms with Crippen molar-refractivity contribution < 1.29 is 24.5 Å². The molecule has 0 unspecified atom stereocenters. The molecule has 1 saturated carbocycles. The predicted molar refractivity (Wildman–Crippen MR) is 151 cm³/mol. The third-order valence-corrected chi connectivity index (χ3v) is 7.55. The normalized spacial score (nSPS) is 16.1. The number of phenols is 2. The number of nitrogens with one attached hydrogen (secondary N) is 1. The fourth-order valence-corrected chi connectivity index (χ4v) is 5.20. The van der Waals surface area contributed by atoms with Gasteiger partial charge in [-0.05, 0) is 79.0 Å². The molecule has 0 aliphatic heterocycles. The Hall–Kier alpha value is -3.68.